The summed E-state index contributed by atoms with van der Waals surface area (Å²) in [5.74, 6) is 0.543. The van der Waals surface area contributed by atoms with Crippen LogP contribution in [0.2, 0.25) is 5.02 Å². The van der Waals surface area contributed by atoms with Crippen LogP contribution >= 0.6 is 11.6 Å². The first-order valence-electron chi connectivity index (χ1n) is 11.3. The molecule has 4 aromatic rings. The maximum Gasteiger partial charge on any atom is 0.227 e. The number of hydrogen-bond acceptors (Lipinski definition) is 7. The van der Waals surface area contributed by atoms with Gasteiger partial charge in [-0.05, 0) is 38.7 Å². The van der Waals surface area contributed by atoms with Crippen molar-refractivity contribution in [2.75, 3.05) is 50.2 Å². The zero-order valence-corrected chi connectivity index (χ0v) is 20.5. The number of H-pyrrole nitrogens is 1. The van der Waals surface area contributed by atoms with E-state index < -0.39 is 0 Å². The van der Waals surface area contributed by atoms with Crippen LogP contribution in [0.4, 0.5) is 27.4 Å². The van der Waals surface area contributed by atoms with Crippen LogP contribution in [0.5, 0.6) is 5.75 Å². The molecule has 2 aromatic carbocycles. The fourth-order valence-corrected chi connectivity index (χ4v) is 4.76. The molecule has 5 rings (SSSR count). The van der Waals surface area contributed by atoms with E-state index in [9.17, 15) is 4.39 Å². The summed E-state index contributed by atoms with van der Waals surface area (Å²) < 4.78 is 20.2. The minimum atomic E-state index is -0.355. The van der Waals surface area contributed by atoms with Crippen LogP contribution in [-0.2, 0) is 0 Å². The Hall–Kier alpha value is -3.56. The second-order valence-corrected chi connectivity index (χ2v) is 9.25. The molecule has 182 valence electrons. The predicted octanol–water partition coefficient (Wildman–Crippen LogP) is 4.89. The van der Waals surface area contributed by atoms with E-state index >= 15 is 0 Å². The standard InChI is InChI=1S/C25H27ClFN7O/c1-33(2)14-7-8-34(13-14)21-10-22(35-3)20(9-18(21)28)31-25-30-12-16(26)24(32-25)15-11-29-19-6-4-5-17(27)23(15)19/h4-6,9-12,14,29H,7-8,13,28H2,1-3H3,(H,30,31,32)/t14-/m1/s1. The summed E-state index contributed by atoms with van der Waals surface area (Å²) in [6, 6.07) is 9.09. The van der Waals surface area contributed by atoms with Crippen molar-refractivity contribution in [3.8, 4) is 17.0 Å². The molecule has 0 amide bonds. The predicted molar refractivity (Wildman–Crippen MR) is 139 cm³/mol. The highest BCUT2D eigenvalue weighted by Gasteiger charge is 2.26. The maximum absolute atomic E-state index is 14.6. The molecule has 1 atom stereocenters. The SMILES string of the molecule is COc1cc(N2CC[C@@H](N(C)C)C2)c(N)cc1Nc1ncc(Cl)c(-c2c[nH]c3cccc(F)c23)n1. The van der Waals surface area contributed by atoms with Gasteiger partial charge in [-0.15, -0.1) is 0 Å². The number of nitrogens with one attached hydrogen (secondary N) is 2. The number of aromatic nitrogens is 3. The van der Waals surface area contributed by atoms with Crippen LogP contribution in [0.1, 0.15) is 6.42 Å². The summed E-state index contributed by atoms with van der Waals surface area (Å²) in [7, 11) is 5.79. The summed E-state index contributed by atoms with van der Waals surface area (Å²) in [5, 5.41) is 3.92. The van der Waals surface area contributed by atoms with Crippen LogP contribution in [0.3, 0.4) is 0 Å². The Morgan fingerprint density at radius 1 is 1.31 bits per heavy atom. The number of ether oxygens (including phenoxy) is 1. The number of rotatable bonds is 6. The minimum Gasteiger partial charge on any atom is -0.494 e. The Morgan fingerprint density at radius 2 is 2.14 bits per heavy atom. The quantitative estimate of drug-likeness (QED) is 0.328. The van der Waals surface area contributed by atoms with E-state index in [1.54, 1.807) is 25.4 Å². The van der Waals surface area contributed by atoms with Gasteiger partial charge in [-0.2, -0.15) is 0 Å². The highest BCUT2D eigenvalue weighted by molar-refractivity contribution is 6.33. The number of halogens is 2. The molecule has 10 heteroatoms. The summed E-state index contributed by atoms with van der Waals surface area (Å²) in [6.07, 6.45) is 4.25. The van der Waals surface area contributed by atoms with Gasteiger partial charge >= 0.3 is 0 Å². The number of anilines is 4. The van der Waals surface area contributed by atoms with E-state index in [1.165, 1.54) is 12.3 Å². The molecule has 0 bridgehead atoms. The third-order valence-electron chi connectivity index (χ3n) is 6.48. The van der Waals surface area contributed by atoms with Gasteiger partial charge in [0.25, 0.3) is 0 Å². The molecule has 4 N–H and O–H groups in total. The van der Waals surface area contributed by atoms with Gasteiger partial charge in [0.05, 0.1) is 41.1 Å². The van der Waals surface area contributed by atoms with E-state index in [-0.39, 0.29) is 11.8 Å². The van der Waals surface area contributed by atoms with Crippen molar-refractivity contribution in [2.24, 2.45) is 0 Å². The topological polar surface area (TPSA) is 95.3 Å². The monoisotopic (exact) mass is 495 g/mol. The molecule has 1 aliphatic heterocycles. The first-order valence-corrected chi connectivity index (χ1v) is 11.7. The molecular formula is C25H27ClFN7O. The lowest BCUT2D eigenvalue weighted by molar-refractivity contribution is 0.315. The molecule has 0 radical (unpaired) electrons. The van der Waals surface area contributed by atoms with Crippen LogP contribution in [0.15, 0.2) is 42.7 Å². The van der Waals surface area contributed by atoms with Crippen molar-refractivity contribution in [2.45, 2.75) is 12.5 Å². The fourth-order valence-electron chi connectivity index (χ4n) is 4.57. The smallest absolute Gasteiger partial charge is 0.227 e. The molecule has 0 unspecified atom stereocenters. The molecule has 2 aromatic heterocycles. The first kappa shape index (κ1) is 23.2. The summed E-state index contributed by atoms with van der Waals surface area (Å²) in [6.45, 7) is 1.83. The number of likely N-dealkylation sites (N-methyl/N-ethyl adjacent to an activating group) is 1. The minimum absolute atomic E-state index is 0.286. The normalized spacial score (nSPS) is 15.8. The van der Waals surface area contributed by atoms with Gasteiger partial charge in [0, 0.05) is 47.9 Å². The van der Waals surface area contributed by atoms with E-state index in [0.717, 1.165) is 25.2 Å². The Labute approximate surface area is 207 Å². The summed E-state index contributed by atoms with van der Waals surface area (Å²) >= 11 is 6.41. The van der Waals surface area contributed by atoms with Crippen molar-refractivity contribution in [3.63, 3.8) is 0 Å². The second kappa shape index (κ2) is 9.24. The molecule has 1 fully saturated rings. The number of nitrogens with zero attached hydrogens (tertiary/aromatic N) is 4. The largest absolute Gasteiger partial charge is 0.494 e. The van der Waals surface area contributed by atoms with Crippen molar-refractivity contribution in [1.82, 2.24) is 19.9 Å². The van der Waals surface area contributed by atoms with E-state index in [4.69, 9.17) is 22.1 Å². The molecule has 0 aliphatic carbocycles. The summed E-state index contributed by atoms with van der Waals surface area (Å²) in [5.41, 5.74) is 10.3. The number of aromatic amines is 1. The number of hydrogen-bond donors (Lipinski definition) is 3. The zero-order chi connectivity index (χ0) is 24.7. The molecule has 35 heavy (non-hydrogen) atoms. The third kappa shape index (κ3) is 4.33. The first-order chi connectivity index (χ1) is 16.9. The molecule has 0 spiro atoms. The Balaban J connectivity index is 1.47. The van der Waals surface area contributed by atoms with Gasteiger partial charge in [-0.3, -0.25) is 0 Å². The van der Waals surface area contributed by atoms with Gasteiger partial charge in [0.2, 0.25) is 5.95 Å². The molecule has 1 saturated heterocycles. The van der Waals surface area contributed by atoms with Crippen LogP contribution < -0.4 is 20.7 Å². The van der Waals surface area contributed by atoms with E-state index in [0.29, 0.717) is 50.3 Å². The van der Waals surface area contributed by atoms with Gasteiger partial charge < -0.3 is 30.6 Å². The van der Waals surface area contributed by atoms with Gasteiger partial charge in [0.1, 0.15) is 11.6 Å². The van der Waals surface area contributed by atoms with Gasteiger partial charge in [-0.25, -0.2) is 14.4 Å². The van der Waals surface area contributed by atoms with Crippen LogP contribution in [0, 0.1) is 5.82 Å². The number of fused-ring (bicyclic) bond motifs is 1. The molecule has 8 nitrogen and oxygen atoms in total. The number of methoxy groups -OCH3 is 1. The Kier molecular flexibility index (Phi) is 6.12. The maximum atomic E-state index is 14.6. The molecular weight excluding hydrogens is 469 g/mol. The van der Waals surface area contributed by atoms with E-state index in [2.05, 4.69) is 44.2 Å². The summed E-state index contributed by atoms with van der Waals surface area (Å²) in [4.78, 5) is 16.5. The van der Waals surface area contributed by atoms with Crippen molar-refractivity contribution in [3.05, 3.63) is 53.6 Å². The lowest BCUT2D eigenvalue weighted by Crippen LogP contribution is -2.31. The third-order valence-corrected chi connectivity index (χ3v) is 6.76. The van der Waals surface area contributed by atoms with Crippen molar-refractivity contribution >= 4 is 45.5 Å². The van der Waals surface area contributed by atoms with Gasteiger partial charge in [0.15, 0.2) is 0 Å². The van der Waals surface area contributed by atoms with Crippen molar-refractivity contribution in [1.29, 1.82) is 0 Å². The van der Waals surface area contributed by atoms with Crippen LogP contribution in [-0.4, -0.2) is 60.2 Å². The average Bonchev–Trinajstić information content (AvgIpc) is 3.49. The number of nitrogen functional groups attached to an aromatic ring is 1. The lowest BCUT2D eigenvalue weighted by atomic mass is 10.1. The number of nitrogens with two attached hydrogens (primary N) is 1. The molecule has 3 heterocycles. The number of benzene rings is 2. The average molecular weight is 496 g/mol. The Bertz CT molecular complexity index is 1390. The highest BCUT2D eigenvalue weighted by atomic mass is 35.5. The second-order valence-electron chi connectivity index (χ2n) is 8.84. The zero-order valence-electron chi connectivity index (χ0n) is 19.8. The molecule has 1 aliphatic rings. The highest BCUT2D eigenvalue weighted by Crippen LogP contribution is 2.39. The fraction of sp³-hybridized carbons (Fsp3) is 0.280. The van der Waals surface area contributed by atoms with Crippen molar-refractivity contribution < 1.29 is 9.13 Å². The van der Waals surface area contributed by atoms with Crippen LogP contribution in [0.25, 0.3) is 22.2 Å². The van der Waals surface area contributed by atoms with E-state index in [1.807, 2.05) is 12.1 Å². The van der Waals surface area contributed by atoms with Gasteiger partial charge in [-0.1, -0.05) is 17.7 Å². The Morgan fingerprint density at radius 3 is 2.89 bits per heavy atom. The molecule has 0 saturated carbocycles. The lowest BCUT2D eigenvalue weighted by Gasteiger charge is -2.24.